The van der Waals surface area contributed by atoms with E-state index in [-0.39, 0.29) is 13.1 Å². The van der Waals surface area contributed by atoms with Crippen molar-refractivity contribution in [3.05, 3.63) is 0 Å². The Morgan fingerprint density at radius 3 is 1.08 bits per heavy atom. The highest BCUT2D eigenvalue weighted by molar-refractivity contribution is 7.80. The van der Waals surface area contributed by atoms with Gasteiger partial charge in [-0.2, -0.15) is 12.6 Å². The van der Waals surface area contributed by atoms with Crippen LogP contribution in [0.15, 0.2) is 0 Å². The first kappa shape index (κ1) is 41.5. The molecule has 12 nitrogen and oxygen atoms in total. The number of carboxylic acids is 4. The summed E-state index contributed by atoms with van der Waals surface area (Å²) in [7, 11) is 0. The maximum Gasteiger partial charge on any atom is 0.317 e. The van der Waals surface area contributed by atoms with Crippen molar-refractivity contribution < 1.29 is 49.7 Å². The van der Waals surface area contributed by atoms with Crippen molar-refractivity contribution in [1.82, 2.24) is 9.80 Å². The highest BCUT2D eigenvalue weighted by atomic mass is 32.1. The minimum atomic E-state index is -1.23. The van der Waals surface area contributed by atoms with Gasteiger partial charge in [0.05, 0.1) is 31.8 Å². The summed E-state index contributed by atoms with van der Waals surface area (Å²) in [5.74, 6) is -3.84. The second-order valence-electron chi connectivity index (χ2n) is 10.1. The number of rotatable bonds is 21. The van der Waals surface area contributed by atoms with Gasteiger partial charge in [0, 0.05) is 13.1 Å². The summed E-state index contributed by atoms with van der Waals surface area (Å²) in [6.07, 6.45) is 14.2. The van der Waals surface area contributed by atoms with E-state index in [1.165, 1.54) is 64.2 Å². The summed E-state index contributed by atoms with van der Waals surface area (Å²) in [5.41, 5.74) is -0.403. The van der Waals surface area contributed by atoms with Crippen molar-refractivity contribution in [2.75, 3.05) is 45.0 Å². The van der Waals surface area contributed by atoms with Crippen molar-refractivity contribution in [3.8, 4) is 0 Å². The van der Waals surface area contributed by atoms with Crippen molar-refractivity contribution in [2.24, 2.45) is 0 Å². The minimum Gasteiger partial charge on any atom is -0.480 e. The summed E-state index contributed by atoms with van der Waals surface area (Å²) < 4.78 is 0. The van der Waals surface area contributed by atoms with E-state index in [1.807, 2.05) is 0 Å². The van der Waals surface area contributed by atoms with Crippen molar-refractivity contribution in [2.45, 2.75) is 97.5 Å². The number of aliphatic carboxylic acids is 4. The van der Waals surface area contributed by atoms with Gasteiger partial charge in [-0.05, 0) is 32.9 Å². The highest BCUT2D eigenvalue weighted by Gasteiger charge is 2.18. The average Bonchev–Trinajstić information content (AvgIpc) is 2.80. The van der Waals surface area contributed by atoms with Crippen molar-refractivity contribution in [3.63, 3.8) is 0 Å². The van der Waals surface area contributed by atoms with Crippen LogP contribution in [0.5, 0.6) is 0 Å². The Labute approximate surface area is 238 Å². The van der Waals surface area contributed by atoms with Gasteiger partial charge in [-0.15, -0.1) is 0 Å². The summed E-state index contributed by atoms with van der Waals surface area (Å²) in [6.45, 7) is 5.34. The Hall–Kier alpha value is -1.93. The van der Waals surface area contributed by atoms with Crippen LogP contribution in [-0.4, -0.2) is 110 Å². The van der Waals surface area contributed by atoms with Gasteiger partial charge in [-0.3, -0.25) is 34.2 Å². The zero-order valence-electron chi connectivity index (χ0n) is 24.1. The standard InChI is InChI=1S/C12H26S.C10H16N2O8.C4H10O2/c1-2-3-4-5-6-7-8-9-10-11-12-13;13-7(14)3-11(4-8(15)16)1-2-12(5-9(17)18)6-10(19)20;1-4(2,3)6-5/h13H,2-12H2,1H3;1-6H2,(H,13,14)(H,15,16)(H,17,18)(H,19,20);5H,1-3H3. The van der Waals surface area contributed by atoms with E-state index in [2.05, 4.69) is 24.4 Å². The maximum absolute atomic E-state index is 10.6. The smallest absolute Gasteiger partial charge is 0.317 e. The second-order valence-corrected chi connectivity index (χ2v) is 10.6. The molecule has 0 atom stereocenters. The van der Waals surface area contributed by atoms with Crippen LogP contribution in [-0.2, 0) is 24.1 Å². The van der Waals surface area contributed by atoms with E-state index in [9.17, 15) is 19.2 Å². The van der Waals surface area contributed by atoms with Crippen LogP contribution in [0, 0.1) is 0 Å². The number of carboxylic acid groups (broad SMARTS) is 4. The molecule has 0 radical (unpaired) electrons. The molecule has 0 bridgehead atoms. The molecule has 0 aromatic rings. The first-order valence-electron chi connectivity index (χ1n) is 13.4. The Bertz CT molecular complexity index is 567. The molecule has 0 aromatic heterocycles. The van der Waals surface area contributed by atoms with Gasteiger partial charge >= 0.3 is 23.9 Å². The summed E-state index contributed by atoms with van der Waals surface area (Å²) >= 11 is 4.20. The summed E-state index contributed by atoms with van der Waals surface area (Å²) in [6, 6.07) is 0. The van der Waals surface area contributed by atoms with Gasteiger partial charge in [0.2, 0.25) is 0 Å². The normalized spacial score (nSPS) is 10.9. The van der Waals surface area contributed by atoms with E-state index in [1.54, 1.807) is 20.8 Å². The van der Waals surface area contributed by atoms with Crippen molar-refractivity contribution >= 4 is 36.5 Å². The minimum absolute atomic E-state index is 0.0703. The van der Waals surface area contributed by atoms with Crippen LogP contribution in [0.1, 0.15) is 91.9 Å². The SMILES string of the molecule is CC(C)(C)OO.CCCCCCCCCCCCS.O=C(O)CN(CCN(CC(=O)O)CC(=O)O)CC(=O)O. The number of hydrogen-bond acceptors (Lipinski definition) is 9. The fraction of sp³-hybridized carbons (Fsp3) is 0.846. The molecular formula is C26H52N2O10S. The lowest BCUT2D eigenvalue weighted by Gasteiger charge is -2.23. The summed E-state index contributed by atoms with van der Waals surface area (Å²) in [5, 5.41) is 42.4. The van der Waals surface area contributed by atoms with Crippen LogP contribution >= 0.6 is 12.6 Å². The van der Waals surface area contributed by atoms with E-state index in [0.29, 0.717) is 0 Å². The van der Waals surface area contributed by atoms with Gasteiger partial charge in [0.25, 0.3) is 0 Å². The fourth-order valence-corrected chi connectivity index (χ4v) is 3.30. The summed E-state index contributed by atoms with van der Waals surface area (Å²) in [4.78, 5) is 48.3. The second kappa shape index (κ2) is 27.6. The highest BCUT2D eigenvalue weighted by Crippen LogP contribution is 2.10. The Morgan fingerprint density at radius 2 is 0.872 bits per heavy atom. The fourth-order valence-electron chi connectivity index (χ4n) is 3.08. The third-order valence-electron chi connectivity index (χ3n) is 4.95. The monoisotopic (exact) mass is 584 g/mol. The third kappa shape index (κ3) is 40.7. The lowest BCUT2D eigenvalue weighted by Crippen LogP contribution is -2.43. The van der Waals surface area contributed by atoms with Gasteiger partial charge in [-0.1, -0.05) is 64.7 Å². The predicted octanol–water partition coefficient (Wildman–Crippen LogP) is 4.04. The molecule has 5 N–H and O–H groups in total. The molecule has 0 aliphatic rings. The quantitative estimate of drug-likeness (QED) is 0.0493. The molecule has 0 heterocycles. The zero-order valence-corrected chi connectivity index (χ0v) is 25.0. The molecule has 0 aliphatic heterocycles. The first-order valence-corrected chi connectivity index (χ1v) is 14.1. The molecule has 0 rings (SSSR count). The molecular weight excluding hydrogens is 532 g/mol. The zero-order chi connectivity index (χ0) is 30.7. The molecule has 0 spiro atoms. The molecule has 0 aliphatic carbocycles. The lowest BCUT2D eigenvalue weighted by molar-refractivity contribution is -0.306. The Kier molecular flexibility index (Phi) is 29.4. The van der Waals surface area contributed by atoms with Crippen LogP contribution < -0.4 is 0 Å². The van der Waals surface area contributed by atoms with E-state index in [0.717, 1.165) is 15.6 Å². The van der Waals surface area contributed by atoms with Crippen LogP contribution in [0.25, 0.3) is 0 Å². The molecule has 0 amide bonds. The molecule has 0 aromatic carbocycles. The lowest BCUT2D eigenvalue weighted by atomic mass is 10.1. The Morgan fingerprint density at radius 1 is 0.615 bits per heavy atom. The van der Waals surface area contributed by atoms with Crippen molar-refractivity contribution in [1.29, 1.82) is 0 Å². The average molecular weight is 585 g/mol. The third-order valence-corrected chi connectivity index (χ3v) is 5.27. The van der Waals surface area contributed by atoms with Crippen LogP contribution in [0.2, 0.25) is 0 Å². The number of carbonyl (C=O) groups is 4. The van der Waals surface area contributed by atoms with E-state index in [4.69, 9.17) is 25.7 Å². The number of hydrogen-bond donors (Lipinski definition) is 6. The topological polar surface area (TPSA) is 185 Å². The maximum atomic E-state index is 10.6. The van der Waals surface area contributed by atoms with E-state index < -0.39 is 55.7 Å². The molecule has 13 heteroatoms. The van der Waals surface area contributed by atoms with Gasteiger partial charge in [-0.25, -0.2) is 4.89 Å². The molecule has 0 saturated carbocycles. The molecule has 232 valence electrons. The number of unbranched alkanes of at least 4 members (excludes halogenated alkanes) is 9. The molecule has 0 fully saturated rings. The van der Waals surface area contributed by atoms with Crippen LogP contribution in [0.3, 0.4) is 0 Å². The van der Waals surface area contributed by atoms with Gasteiger partial charge < -0.3 is 20.4 Å². The molecule has 39 heavy (non-hydrogen) atoms. The van der Waals surface area contributed by atoms with E-state index >= 15 is 0 Å². The Balaban J connectivity index is -0.000000581. The largest absolute Gasteiger partial charge is 0.480 e. The first-order chi connectivity index (χ1) is 18.2. The van der Waals surface area contributed by atoms with Gasteiger partial charge in [0.15, 0.2) is 0 Å². The number of nitrogens with zero attached hydrogens (tertiary/aromatic N) is 2. The number of thiol groups is 1. The predicted molar refractivity (Wildman–Crippen MR) is 153 cm³/mol. The molecule has 0 unspecified atom stereocenters. The molecule has 0 saturated heterocycles. The van der Waals surface area contributed by atoms with Gasteiger partial charge in [0.1, 0.15) is 0 Å². The van der Waals surface area contributed by atoms with Crippen LogP contribution in [0.4, 0.5) is 0 Å².